The molecule has 2 aromatic rings. The van der Waals surface area contributed by atoms with Crippen molar-refractivity contribution in [2.75, 3.05) is 0 Å². The predicted molar refractivity (Wildman–Crippen MR) is 105 cm³/mol. The molecule has 0 heterocycles. The second-order valence-corrected chi connectivity index (χ2v) is 8.51. The first-order valence-corrected chi connectivity index (χ1v) is 9.88. The van der Waals surface area contributed by atoms with Gasteiger partial charge in [-0.15, -0.1) is 0 Å². The van der Waals surface area contributed by atoms with Gasteiger partial charge in [0.25, 0.3) is 6.47 Å². The Hall–Kier alpha value is -2.09. The quantitative estimate of drug-likeness (QED) is 0.652. The number of rotatable bonds is 4. The summed E-state index contributed by atoms with van der Waals surface area (Å²) < 4.78 is 6.13. The molecule has 2 nitrogen and oxygen atoms in total. The van der Waals surface area contributed by atoms with Crippen molar-refractivity contribution in [2.45, 2.75) is 51.6 Å². The molecule has 0 amide bonds. The second kappa shape index (κ2) is 6.57. The molecule has 0 aliphatic heterocycles. The second-order valence-electron chi connectivity index (χ2n) is 8.51. The topological polar surface area (TPSA) is 26.3 Å². The zero-order chi connectivity index (χ0) is 18.3. The number of carbonyl (C=O) groups is 1. The van der Waals surface area contributed by atoms with Crippen LogP contribution in [-0.4, -0.2) is 12.1 Å². The van der Waals surface area contributed by atoms with E-state index < -0.39 is 5.60 Å². The number of ether oxygens (including phenoxy) is 1. The van der Waals surface area contributed by atoms with Crippen LogP contribution in [0.2, 0.25) is 0 Å². The summed E-state index contributed by atoms with van der Waals surface area (Å²) in [5, 5.41) is 0. The van der Waals surface area contributed by atoms with Crippen LogP contribution < -0.4 is 0 Å². The molecule has 2 heteroatoms. The van der Waals surface area contributed by atoms with Crippen LogP contribution in [0.4, 0.5) is 0 Å². The van der Waals surface area contributed by atoms with Crippen molar-refractivity contribution < 1.29 is 9.53 Å². The Morgan fingerprint density at radius 3 is 2.12 bits per heavy atom. The lowest BCUT2D eigenvalue weighted by Crippen LogP contribution is -2.51. The van der Waals surface area contributed by atoms with E-state index in [4.69, 9.17) is 4.74 Å². The summed E-state index contributed by atoms with van der Waals surface area (Å²) in [6.07, 6.45) is 3.26. The third-order valence-corrected chi connectivity index (χ3v) is 6.66. The van der Waals surface area contributed by atoms with Gasteiger partial charge in [-0.2, -0.15) is 0 Å². The Morgan fingerprint density at radius 2 is 1.58 bits per heavy atom. The number of hydrogen-bond acceptors (Lipinski definition) is 2. The van der Waals surface area contributed by atoms with Crippen molar-refractivity contribution in [3.8, 4) is 11.1 Å². The number of carbonyl (C=O) groups excluding carboxylic acids is 1. The Labute approximate surface area is 156 Å². The van der Waals surface area contributed by atoms with Crippen molar-refractivity contribution in [2.24, 2.45) is 17.8 Å². The molecule has 0 aromatic heterocycles. The third-order valence-electron chi connectivity index (χ3n) is 6.66. The van der Waals surface area contributed by atoms with Gasteiger partial charge in [-0.05, 0) is 46.9 Å². The summed E-state index contributed by atoms with van der Waals surface area (Å²) in [6.45, 7) is 7.55. The summed E-state index contributed by atoms with van der Waals surface area (Å²) >= 11 is 0. The van der Waals surface area contributed by atoms with Crippen molar-refractivity contribution in [1.29, 1.82) is 0 Å². The molecule has 0 saturated heterocycles. The molecule has 1 fully saturated rings. The number of fused-ring (bicyclic) bond motifs is 3. The molecule has 2 aromatic carbocycles. The Bertz CT molecular complexity index is 764. The fourth-order valence-electron chi connectivity index (χ4n) is 5.71. The Morgan fingerprint density at radius 1 is 1.00 bits per heavy atom. The van der Waals surface area contributed by atoms with Crippen LogP contribution in [0.25, 0.3) is 11.1 Å². The predicted octanol–water partition coefficient (Wildman–Crippen LogP) is 5.80. The maximum absolute atomic E-state index is 11.7. The highest BCUT2D eigenvalue weighted by Gasteiger charge is 2.54. The molecule has 0 spiro atoms. The lowest BCUT2D eigenvalue weighted by Gasteiger charge is -2.50. The van der Waals surface area contributed by atoms with E-state index in [0.717, 1.165) is 12.8 Å². The molecule has 4 rings (SSSR count). The molecular formula is C24H28O2. The first-order chi connectivity index (χ1) is 12.6. The minimum absolute atomic E-state index is 0.121. The van der Waals surface area contributed by atoms with Gasteiger partial charge in [-0.25, -0.2) is 0 Å². The van der Waals surface area contributed by atoms with Crippen LogP contribution in [0.1, 0.15) is 57.1 Å². The van der Waals surface area contributed by atoms with Crippen LogP contribution in [0, 0.1) is 17.8 Å². The van der Waals surface area contributed by atoms with Gasteiger partial charge in [0, 0.05) is 5.92 Å². The van der Waals surface area contributed by atoms with Gasteiger partial charge in [0.05, 0.1) is 5.92 Å². The normalized spacial score (nSPS) is 27.8. The first kappa shape index (κ1) is 17.3. The zero-order valence-corrected chi connectivity index (χ0v) is 15.9. The summed E-state index contributed by atoms with van der Waals surface area (Å²) in [4.78, 5) is 11.7. The minimum atomic E-state index is -0.462. The highest BCUT2D eigenvalue weighted by atomic mass is 16.5. The van der Waals surface area contributed by atoms with Crippen molar-refractivity contribution in [3.05, 3.63) is 59.7 Å². The SMILES string of the molecule is CC1CCC(C(C)C)C(OC=O)(C2c3ccccc3-c3ccccc32)C1. The van der Waals surface area contributed by atoms with Gasteiger partial charge in [0.1, 0.15) is 5.60 Å². The van der Waals surface area contributed by atoms with Gasteiger partial charge in [-0.1, -0.05) is 75.7 Å². The van der Waals surface area contributed by atoms with Gasteiger partial charge < -0.3 is 4.74 Å². The highest BCUT2D eigenvalue weighted by Crippen LogP contribution is 2.58. The average Bonchev–Trinajstić information content (AvgIpc) is 2.96. The maximum atomic E-state index is 11.7. The third kappa shape index (κ3) is 2.50. The molecule has 2 aliphatic rings. The molecule has 0 bridgehead atoms. The summed E-state index contributed by atoms with van der Waals surface area (Å²) in [6, 6.07) is 17.3. The van der Waals surface area contributed by atoms with Crippen LogP contribution in [0.15, 0.2) is 48.5 Å². The largest absolute Gasteiger partial charge is 0.460 e. The highest BCUT2D eigenvalue weighted by molar-refractivity contribution is 5.79. The molecule has 0 radical (unpaired) electrons. The van der Waals surface area contributed by atoms with Crippen LogP contribution in [0.5, 0.6) is 0 Å². The lowest BCUT2D eigenvalue weighted by atomic mass is 9.60. The smallest absolute Gasteiger partial charge is 0.293 e. The fourth-order valence-corrected chi connectivity index (χ4v) is 5.71. The summed E-state index contributed by atoms with van der Waals surface area (Å²) in [5.74, 6) is 1.52. The van der Waals surface area contributed by atoms with E-state index in [1.54, 1.807) is 0 Å². The summed E-state index contributed by atoms with van der Waals surface area (Å²) in [5.41, 5.74) is 4.76. The van der Waals surface area contributed by atoms with E-state index in [-0.39, 0.29) is 5.92 Å². The molecule has 26 heavy (non-hydrogen) atoms. The molecule has 2 aliphatic carbocycles. The van der Waals surface area contributed by atoms with Crippen LogP contribution >= 0.6 is 0 Å². The lowest BCUT2D eigenvalue weighted by molar-refractivity contribution is -0.164. The monoisotopic (exact) mass is 348 g/mol. The van der Waals surface area contributed by atoms with Crippen molar-refractivity contribution in [3.63, 3.8) is 0 Å². The van der Waals surface area contributed by atoms with Gasteiger partial charge >= 0.3 is 0 Å². The molecular weight excluding hydrogens is 320 g/mol. The first-order valence-electron chi connectivity index (χ1n) is 9.88. The van der Waals surface area contributed by atoms with Gasteiger partial charge in [0.2, 0.25) is 0 Å². The van der Waals surface area contributed by atoms with Crippen LogP contribution in [0.3, 0.4) is 0 Å². The van der Waals surface area contributed by atoms with Crippen molar-refractivity contribution in [1.82, 2.24) is 0 Å². The van der Waals surface area contributed by atoms with E-state index in [1.807, 2.05) is 0 Å². The van der Waals surface area contributed by atoms with Gasteiger partial charge in [-0.3, -0.25) is 4.79 Å². The molecule has 0 N–H and O–H groups in total. The van der Waals surface area contributed by atoms with Gasteiger partial charge in [0.15, 0.2) is 0 Å². The molecule has 3 atom stereocenters. The van der Waals surface area contributed by atoms with Crippen LogP contribution in [-0.2, 0) is 9.53 Å². The van der Waals surface area contributed by atoms with Crippen molar-refractivity contribution >= 4 is 6.47 Å². The fraction of sp³-hybridized carbons (Fsp3) is 0.458. The van der Waals surface area contributed by atoms with E-state index >= 15 is 0 Å². The standard InChI is InChI=1S/C24H28O2/c1-16(2)22-13-12-17(3)14-24(22,26-15-25)23-20-10-6-4-8-18(20)19-9-5-7-11-21(19)23/h4-11,15-17,22-23H,12-14H2,1-3H3. The average molecular weight is 348 g/mol. The maximum Gasteiger partial charge on any atom is 0.293 e. The van der Waals surface area contributed by atoms with E-state index in [9.17, 15) is 4.79 Å². The number of hydrogen-bond donors (Lipinski definition) is 0. The molecule has 3 unspecified atom stereocenters. The molecule has 1 saturated carbocycles. The number of benzene rings is 2. The minimum Gasteiger partial charge on any atom is -0.460 e. The Balaban J connectivity index is 1.95. The molecule has 136 valence electrons. The van der Waals surface area contributed by atoms with E-state index in [0.29, 0.717) is 24.2 Å². The summed E-state index contributed by atoms with van der Waals surface area (Å²) in [7, 11) is 0. The zero-order valence-electron chi connectivity index (χ0n) is 15.9. The van der Waals surface area contributed by atoms with E-state index in [1.165, 1.54) is 28.7 Å². The Kier molecular flexibility index (Phi) is 4.38. The van der Waals surface area contributed by atoms with E-state index in [2.05, 4.69) is 69.3 Å².